The van der Waals surface area contributed by atoms with E-state index in [4.69, 9.17) is 0 Å². The molecule has 8 heteroatoms. The third kappa shape index (κ3) is 4.08. The fraction of sp³-hybridized carbons (Fsp3) is 0.562. The molecule has 24 heavy (non-hydrogen) atoms. The van der Waals surface area contributed by atoms with Gasteiger partial charge in [-0.1, -0.05) is 18.6 Å². The molecule has 6 nitrogen and oxygen atoms in total. The van der Waals surface area contributed by atoms with Gasteiger partial charge in [0.2, 0.25) is 10.0 Å². The number of carbonyl (C=O) groups is 1. The van der Waals surface area contributed by atoms with Crippen molar-refractivity contribution in [2.75, 3.05) is 32.7 Å². The van der Waals surface area contributed by atoms with E-state index in [2.05, 4.69) is 10.6 Å². The second kappa shape index (κ2) is 8.29. The highest BCUT2D eigenvalue weighted by atomic mass is 35.5. The Kier molecular flexibility index (Phi) is 6.62. The number of carbonyl (C=O) groups excluding carboxylic acids is 1. The quantitative estimate of drug-likeness (QED) is 0.813. The van der Waals surface area contributed by atoms with E-state index >= 15 is 0 Å². The van der Waals surface area contributed by atoms with E-state index in [1.165, 1.54) is 10.4 Å². The Balaban J connectivity index is 0.00000208. The molecule has 0 aromatic heterocycles. The van der Waals surface area contributed by atoms with Crippen molar-refractivity contribution in [1.29, 1.82) is 0 Å². The lowest BCUT2D eigenvalue weighted by Crippen LogP contribution is -2.48. The highest BCUT2D eigenvalue weighted by Gasteiger charge is 2.30. The molecule has 0 saturated carbocycles. The van der Waals surface area contributed by atoms with Gasteiger partial charge in [0.05, 0.1) is 10.5 Å². The van der Waals surface area contributed by atoms with Crippen molar-refractivity contribution in [3.05, 3.63) is 29.8 Å². The maximum atomic E-state index is 12.9. The van der Waals surface area contributed by atoms with Gasteiger partial charge in [-0.2, -0.15) is 4.31 Å². The van der Waals surface area contributed by atoms with Crippen LogP contribution in [0.3, 0.4) is 0 Å². The first-order valence-corrected chi connectivity index (χ1v) is 9.61. The average Bonchev–Trinajstić information content (AvgIpc) is 2.54. The van der Waals surface area contributed by atoms with Gasteiger partial charge in [0.15, 0.2) is 0 Å². The zero-order chi connectivity index (χ0) is 16.3. The van der Waals surface area contributed by atoms with Crippen LogP contribution in [0.25, 0.3) is 0 Å². The van der Waals surface area contributed by atoms with Crippen molar-refractivity contribution in [1.82, 2.24) is 14.9 Å². The Labute approximate surface area is 149 Å². The molecule has 0 atom stereocenters. The number of benzene rings is 1. The summed E-state index contributed by atoms with van der Waals surface area (Å²) in [6.07, 6.45) is 2.81. The Morgan fingerprint density at radius 2 is 1.83 bits per heavy atom. The average molecular weight is 374 g/mol. The van der Waals surface area contributed by atoms with Gasteiger partial charge in [-0.3, -0.25) is 4.79 Å². The smallest absolute Gasteiger partial charge is 0.252 e. The fourth-order valence-corrected chi connectivity index (χ4v) is 4.65. The zero-order valence-electron chi connectivity index (χ0n) is 13.5. The highest BCUT2D eigenvalue weighted by Crippen LogP contribution is 2.23. The molecule has 1 amide bonds. The van der Waals surface area contributed by atoms with Gasteiger partial charge < -0.3 is 10.6 Å². The van der Waals surface area contributed by atoms with Crippen LogP contribution in [0.1, 0.15) is 29.6 Å². The van der Waals surface area contributed by atoms with Gasteiger partial charge in [-0.05, 0) is 25.0 Å². The molecule has 0 radical (unpaired) electrons. The first-order valence-electron chi connectivity index (χ1n) is 8.17. The van der Waals surface area contributed by atoms with Gasteiger partial charge >= 0.3 is 0 Å². The van der Waals surface area contributed by atoms with Gasteiger partial charge in [0, 0.05) is 38.6 Å². The first kappa shape index (κ1) is 19.2. The Bertz CT molecular complexity index is 671. The van der Waals surface area contributed by atoms with Crippen molar-refractivity contribution >= 4 is 28.3 Å². The predicted octanol–water partition coefficient (Wildman–Crippen LogP) is 1.23. The normalized spacial score (nSPS) is 19.2. The van der Waals surface area contributed by atoms with E-state index in [9.17, 15) is 13.2 Å². The molecule has 2 aliphatic rings. The van der Waals surface area contributed by atoms with E-state index in [-0.39, 0.29) is 28.8 Å². The maximum Gasteiger partial charge on any atom is 0.252 e. The molecule has 1 aromatic rings. The topological polar surface area (TPSA) is 78.5 Å². The molecule has 2 saturated heterocycles. The van der Waals surface area contributed by atoms with Crippen LogP contribution < -0.4 is 10.6 Å². The Hall–Kier alpha value is -1.15. The van der Waals surface area contributed by atoms with Gasteiger partial charge in [-0.25, -0.2) is 8.42 Å². The number of sulfonamides is 1. The summed E-state index contributed by atoms with van der Waals surface area (Å²) in [6.45, 7) is 3.43. The molecule has 2 fully saturated rings. The van der Waals surface area contributed by atoms with Crippen LogP contribution in [-0.4, -0.2) is 51.4 Å². The van der Waals surface area contributed by atoms with Crippen molar-refractivity contribution in [3.63, 3.8) is 0 Å². The lowest BCUT2D eigenvalue weighted by Gasteiger charge is -2.28. The molecule has 0 aliphatic carbocycles. The van der Waals surface area contributed by atoms with E-state index in [0.29, 0.717) is 25.6 Å². The summed E-state index contributed by atoms with van der Waals surface area (Å²) in [4.78, 5) is 12.5. The molecular formula is C16H24ClN3O3S. The molecule has 3 rings (SSSR count). The Morgan fingerprint density at radius 3 is 2.46 bits per heavy atom. The van der Waals surface area contributed by atoms with Crippen molar-refractivity contribution in [2.24, 2.45) is 5.92 Å². The standard InChI is InChI=1S/C16H23N3O3S.ClH/c20-16(18-12-13-10-17-11-13)14-6-2-3-7-15(14)23(21,22)19-8-4-1-5-9-19;/h2-3,6-7,13,17H,1,4-5,8-12H2,(H,18,20);1H. The fourth-order valence-electron chi connectivity index (χ4n) is 2.95. The zero-order valence-corrected chi connectivity index (χ0v) is 15.2. The third-order valence-corrected chi connectivity index (χ3v) is 6.44. The summed E-state index contributed by atoms with van der Waals surface area (Å²) < 4.78 is 27.2. The number of halogens is 1. The van der Waals surface area contributed by atoms with Crippen LogP contribution >= 0.6 is 12.4 Å². The largest absolute Gasteiger partial charge is 0.352 e. The van der Waals surface area contributed by atoms with E-state index in [1.807, 2.05) is 0 Å². The number of nitrogens with zero attached hydrogens (tertiary/aromatic N) is 1. The van der Waals surface area contributed by atoms with Crippen LogP contribution in [0.15, 0.2) is 29.2 Å². The summed E-state index contributed by atoms with van der Waals surface area (Å²) in [7, 11) is -3.61. The molecule has 1 aromatic carbocycles. The lowest BCUT2D eigenvalue weighted by molar-refractivity contribution is 0.0938. The number of piperidine rings is 1. The molecule has 2 heterocycles. The number of amides is 1. The summed E-state index contributed by atoms with van der Waals surface area (Å²) in [6, 6.07) is 6.49. The molecule has 0 spiro atoms. The maximum absolute atomic E-state index is 12.9. The second-order valence-electron chi connectivity index (χ2n) is 6.20. The minimum atomic E-state index is -3.61. The lowest BCUT2D eigenvalue weighted by atomic mass is 10.0. The minimum Gasteiger partial charge on any atom is -0.352 e. The molecule has 0 bridgehead atoms. The van der Waals surface area contributed by atoms with Gasteiger partial charge in [0.1, 0.15) is 0 Å². The van der Waals surface area contributed by atoms with Gasteiger partial charge in [0.25, 0.3) is 5.91 Å². The molecule has 2 N–H and O–H groups in total. The van der Waals surface area contributed by atoms with Crippen LogP contribution in [0.5, 0.6) is 0 Å². The van der Waals surface area contributed by atoms with Crippen LogP contribution in [0.4, 0.5) is 0 Å². The summed E-state index contributed by atoms with van der Waals surface area (Å²) in [5.74, 6) is 0.123. The monoisotopic (exact) mass is 373 g/mol. The predicted molar refractivity (Wildman–Crippen MR) is 95.0 cm³/mol. The SMILES string of the molecule is Cl.O=C(NCC1CNC1)c1ccccc1S(=O)(=O)N1CCCCC1. The summed E-state index contributed by atoms with van der Waals surface area (Å²) in [5, 5.41) is 6.00. The number of nitrogens with one attached hydrogen (secondary N) is 2. The summed E-state index contributed by atoms with van der Waals surface area (Å²) >= 11 is 0. The molecule has 2 aliphatic heterocycles. The van der Waals surface area contributed by atoms with Crippen LogP contribution in [0, 0.1) is 5.92 Å². The molecular weight excluding hydrogens is 350 g/mol. The van der Waals surface area contributed by atoms with E-state index in [0.717, 1.165) is 32.4 Å². The van der Waals surface area contributed by atoms with Crippen molar-refractivity contribution in [3.8, 4) is 0 Å². The van der Waals surface area contributed by atoms with Crippen molar-refractivity contribution in [2.45, 2.75) is 24.2 Å². The van der Waals surface area contributed by atoms with Gasteiger partial charge in [-0.15, -0.1) is 12.4 Å². The van der Waals surface area contributed by atoms with Crippen LogP contribution in [-0.2, 0) is 10.0 Å². The van der Waals surface area contributed by atoms with Crippen LogP contribution in [0.2, 0.25) is 0 Å². The number of hydrogen-bond acceptors (Lipinski definition) is 4. The van der Waals surface area contributed by atoms with E-state index < -0.39 is 10.0 Å². The van der Waals surface area contributed by atoms with Crippen molar-refractivity contribution < 1.29 is 13.2 Å². The molecule has 134 valence electrons. The molecule has 0 unspecified atom stereocenters. The highest BCUT2D eigenvalue weighted by molar-refractivity contribution is 7.89. The third-order valence-electron chi connectivity index (χ3n) is 4.48. The second-order valence-corrected chi connectivity index (χ2v) is 8.10. The minimum absolute atomic E-state index is 0. The number of hydrogen-bond donors (Lipinski definition) is 2. The number of rotatable bonds is 5. The first-order chi connectivity index (χ1) is 11.1. The Morgan fingerprint density at radius 1 is 1.17 bits per heavy atom. The van der Waals surface area contributed by atoms with E-state index in [1.54, 1.807) is 18.2 Å². The summed E-state index contributed by atoms with van der Waals surface area (Å²) in [5.41, 5.74) is 0.241.